The van der Waals surface area contributed by atoms with Gasteiger partial charge in [-0.3, -0.25) is 0 Å². The highest BCUT2D eigenvalue weighted by Gasteiger charge is 2.25. The Morgan fingerprint density at radius 2 is 2.09 bits per heavy atom. The van der Waals surface area contributed by atoms with E-state index in [1.807, 2.05) is 11.5 Å². The molecular weight excluding hydrogens is 292 g/mol. The first-order valence-corrected chi connectivity index (χ1v) is 8.66. The van der Waals surface area contributed by atoms with Crippen molar-refractivity contribution in [3.63, 3.8) is 0 Å². The minimum absolute atomic E-state index is 0.140. The molecule has 0 saturated heterocycles. The monoisotopic (exact) mass is 322 g/mol. The Labute approximate surface area is 138 Å². The van der Waals surface area contributed by atoms with E-state index in [2.05, 4.69) is 39.8 Å². The predicted octanol–water partition coefficient (Wildman–Crippen LogP) is 1.61. The van der Waals surface area contributed by atoms with Crippen LogP contribution in [0, 0.1) is 5.92 Å². The summed E-state index contributed by atoms with van der Waals surface area (Å²) >= 11 is 0. The van der Waals surface area contributed by atoms with Crippen molar-refractivity contribution in [2.24, 2.45) is 5.92 Å². The quantitative estimate of drug-likeness (QED) is 0.800. The summed E-state index contributed by atoms with van der Waals surface area (Å²) in [5.41, 5.74) is 0. The Morgan fingerprint density at radius 1 is 1.35 bits per heavy atom. The Morgan fingerprint density at radius 3 is 2.74 bits per heavy atom. The number of hydrogen-bond donors (Lipinski definition) is 2. The summed E-state index contributed by atoms with van der Waals surface area (Å²) in [5, 5.41) is 13.8. The van der Waals surface area contributed by atoms with Gasteiger partial charge >= 0.3 is 6.03 Å². The van der Waals surface area contributed by atoms with Crippen LogP contribution >= 0.6 is 0 Å². The standard InChI is InChI=1S/C16H30N6O/c1-4-22-12-19-20-15(22)11-18-16(23)17-10-14(21(2)3)13-8-6-5-7-9-13/h12-14H,4-11H2,1-3H3,(H2,17,18,23)/t14-/m0/s1. The van der Waals surface area contributed by atoms with Crippen LogP contribution in [0.15, 0.2) is 6.33 Å². The van der Waals surface area contributed by atoms with Gasteiger partial charge in [-0.15, -0.1) is 10.2 Å². The fourth-order valence-electron chi connectivity index (χ4n) is 3.39. The number of aromatic nitrogens is 3. The summed E-state index contributed by atoms with van der Waals surface area (Å²) < 4.78 is 1.92. The highest BCUT2D eigenvalue weighted by molar-refractivity contribution is 5.73. The summed E-state index contributed by atoms with van der Waals surface area (Å²) in [7, 11) is 4.20. The third-order valence-electron chi connectivity index (χ3n) is 4.77. The zero-order valence-electron chi connectivity index (χ0n) is 14.6. The first-order chi connectivity index (χ1) is 11.1. The Kier molecular flexibility index (Phi) is 6.83. The van der Waals surface area contributed by atoms with E-state index in [-0.39, 0.29) is 6.03 Å². The third kappa shape index (κ3) is 5.20. The number of nitrogens with zero attached hydrogens (tertiary/aromatic N) is 4. The lowest BCUT2D eigenvalue weighted by Crippen LogP contribution is -2.47. The van der Waals surface area contributed by atoms with Gasteiger partial charge in [0.05, 0.1) is 6.54 Å². The average Bonchev–Trinajstić information content (AvgIpc) is 3.01. The van der Waals surface area contributed by atoms with E-state index in [1.165, 1.54) is 32.1 Å². The maximum Gasteiger partial charge on any atom is 0.315 e. The van der Waals surface area contributed by atoms with Crippen LogP contribution in [0.25, 0.3) is 0 Å². The highest BCUT2D eigenvalue weighted by Crippen LogP contribution is 2.27. The molecule has 2 rings (SSSR count). The fraction of sp³-hybridized carbons (Fsp3) is 0.812. The van der Waals surface area contributed by atoms with Crippen molar-refractivity contribution in [2.75, 3.05) is 20.6 Å². The second kappa shape index (κ2) is 8.86. The topological polar surface area (TPSA) is 75.1 Å². The molecular formula is C16H30N6O. The fourth-order valence-corrected chi connectivity index (χ4v) is 3.39. The minimum Gasteiger partial charge on any atom is -0.337 e. The zero-order chi connectivity index (χ0) is 16.7. The first kappa shape index (κ1) is 17.7. The number of aryl methyl sites for hydroxylation is 1. The van der Waals surface area contributed by atoms with Gasteiger partial charge in [0.25, 0.3) is 0 Å². The number of carbonyl (C=O) groups is 1. The van der Waals surface area contributed by atoms with Crippen LogP contribution in [0.2, 0.25) is 0 Å². The molecule has 0 aliphatic heterocycles. The molecule has 1 saturated carbocycles. The molecule has 2 N–H and O–H groups in total. The van der Waals surface area contributed by atoms with E-state index in [9.17, 15) is 4.79 Å². The number of nitrogens with one attached hydrogen (secondary N) is 2. The van der Waals surface area contributed by atoms with Crippen LogP contribution in [-0.2, 0) is 13.1 Å². The van der Waals surface area contributed by atoms with Gasteiger partial charge in [0.1, 0.15) is 6.33 Å². The van der Waals surface area contributed by atoms with E-state index < -0.39 is 0 Å². The molecule has 1 aliphatic rings. The van der Waals surface area contributed by atoms with Crippen molar-refractivity contribution in [2.45, 2.75) is 58.2 Å². The lowest BCUT2D eigenvalue weighted by molar-refractivity contribution is 0.166. The number of likely N-dealkylation sites (N-methyl/N-ethyl adjacent to an activating group) is 1. The van der Waals surface area contributed by atoms with Gasteiger partial charge in [0.2, 0.25) is 0 Å². The van der Waals surface area contributed by atoms with Crippen LogP contribution in [-0.4, -0.2) is 52.4 Å². The largest absolute Gasteiger partial charge is 0.337 e. The van der Waals surface area contributed by atoms with Gasteiger partial charge in [-0.1, -0.05) is 19.3 Å². The Bertz CT molecular complexity index is 481. The molecule has 1 heterocycles. The molecule has 7 nitrogen and oxygen atoms in total. The summed E-state index contributed by atoms with van der Waals surface area (Å²) in [4.78, 5) is 14.3. The van der Waals surface area contributed by atoms with Crippen LogP contribution in [0.1, 0.15) is 44.9 Å². The van der Waals surface area contributed by atoms with E-state index in [0.29, 0.717) is 25.0 Å². The van der Waals surface area contributed by atoms with E-state index >= 15 is 0 Å². The second-order valence-electron chi connectivity index (χ2n) is 6.53. The smallest absolute Gasteiger partial charge is 0.315 e. The highest BCUT2D eigenvalue weighted by atomic mass is 16.2. The summed E-state index contributed by atoms with van der Waals surface area (Å²) in [6.45, 7) is 3.91. The predicted molar refractivity (Wildman–Crippen MR) is 90.0 cm³/mol. The lowest BCUT2D eigenvalue weighted by atomic mass is 9.83. The molecule has 1 atom stereocenters. The molecule has 7 heteroatoms. The Balaban J connectivity index is 1.77. The molecule has 1 aliphatic carbocycles. The summed E-state index contributed by atoms with van der Waals surface area (Å²) in [6.07, 6.45) is 8.20. The number of carbonyl (C=O) groups excluding carboxylic acids is 1. The maximum atomic E-state index is 12.0. The van der Waals surface area contributed by atoms with Crippen molar-refractivity contribution in [1.29, 1.82) is 0 Å². The minimum atomic E-state index is -0.140. The summed E-state index contributed by atoms with van der Waals surface area (Å²) in [6, 6.07) is 0.263. The Hall–Kier alpha value is -1.63. The normalized spacial score (nSPS) is 17.2. The average molecular weight is 322 g/mol. The van der Waals surface area contributed by atoms with E-state index in [1.54, 1.807) is 6.33 Å². The van der Waals surface area contributed by atoms with Crippen molar-refractivity contribution >= 4 is 6.03 Å². The van der Waals surface area contributed by atoms with Crippen LogP contribution in [0.5, 0.6) is 0 Å². The van der Waals surface area contributed by atoms with Gasteiger partial charge in [-0.2, -0.15) is 0 Å². The first-order valence-electron chi connectivity index (χ1n) is 8.66. The van der Waals surface area contributed by atoms with Gasteiger partial charge in [-0.25, -0.2) is 4.79 Å². The van der Waals surface area contributed by atoms with E-state index in [0.717, 1.165) is 12.4 Å². The number of hydrogen-bond acceptors (Lipinski definition) is 4. The molecule has 0 bridgehead atoms. The molecule has 23 heavy (non-hydrogen) atoms. The van der Waals surface area contributed by atoms with Gasteiger partial charge in [-0.05, 0) is 39.8 Å². The maximum absolute atomic E-state index is 12.0. The van der Waals surface area contributed by atoms with E-state index in [4.69, 9.17) is 0 Å². The number of amides is 2. The molecule has 1 aromatic rings. The van der Waals surface area contributed by atoms with Gasteiger partial charge < -0.3 is 20.1 Å². The van der Waals surface area contributed by atoms with Gasteiger partial charge in [0.15, 0.2) is 5.82 Å². The zero-order valence-corrected chi connectivity index (χ0v) is 14.6. The molecule has 2 amide bonds. The molecule has 1 fully saturated rings. The SMILES string of the molecule is CCn1cnnc1CNC(=O)NC[C@@H](C1CCCCC1)N(C)C. The number of rotatable bonds is 7. The van der Waals surface area contributed by atoms with Crippen LogP contribution < -0.4 is 10.6 Å². The molecule has 0 unspecified atom stereocenters. The van der Waals surface area contributed by atoms with Crippen molar-refractivity contribution < 1.29 is 4.79 Å². The number of urea groups is 1. The van der Waals surface area contributed by atoms with Crippen LogP contribution in [0.4, 0.5) is 4.79 Å². The van der Waals surface area contributed by atoms with Crippen molar-refractivity contribution in [3.8, 4) is 0 Å². The van der Waals surface area contributed by atoms with Crippen molar-refractivity contribution in [3.05, 3.63) is 12.2 Å². The summed E-state index contributed by atoms with van der Waals surface area (Å²) in [5.74, 6) is 1.46. The molecule has 0 radical (unpaired) electrons. The second-order valence-corrected chi connectivity index (χ2v) is 6.53. The van der Waals surface area contributed by atoms with Gasteiger partial charge in [0, 0.05) is 19.1 Å². The third-order valence-corrected chi connectivity index (χ3v) is 4.77. The molecule has 1 aromatic heterocycles. The van der Waals surface area contributed by atoms with Crippen molar-refractivity contribution in [1.82, 2.24) is 30.3 Å². The molecule has 130 valence electrons. The molecule has 0 spiro atoms. The lowest BCUT2D eigenvalue weighted by Gasteiger charge is -2.34. The molecule has 0 aromatic carbocycles. The van der Waals surface area contributed by atoms with Crippen LogP contribution in [0.3, 0.4) is 0 Å².